The van der Waals surface area contributed by atoms with Gasteiger partial charge in [-0.1, -0.05) is 28.1 Å². The number of rotatable bonds is 4. The van der Waals surface area contributed by atoms with Gasteiger partial charge in [0.15, 0.2) is 0 Å². The molecule has 0 radical (unpaired) electrons. The summed E-state index contributed by atoms with van der Waals surface area (Å²) in [6.07, 6.45) is 2.25. The topological polar surface area (TPSA) is 56.1 Å². The molecule has 140 valence electrons. The Hall–Kier alpha value is -2.18. The largest absolute Gasteiger partial charge is 0.496 e. The van der Waals surface area contributed by atoms with Gasteiger partial charge in [-0.25, -0.2) is 4.98 Å². The van der Waals surface area contributed by atoms with Crippen molar-refractivity contribution < 1.29 is 4.74 Å². The fourth-order valence-corrected chi connectivity index (χ4v) is 4.10. The number of fused-ring (bicyclic) bond motifs is 1. The summed E-state index contributed by atoms with van der Waals surface area (Å²) in [5.41, 5.74) is 1.53. The van der Waals surface area contributed by atoms with Crippen LogP contribution in [0.5, 0.6) is 5.75 Å². The van der Waals surface area contributed by atoms with Gasteiger partial charge in [-0.05, 0) is 62.2 Å². The highest BCUT2D eigenvalue weighted by molar-refractivity contribution is 9.10. The van der Waals surface area contributed by atoms with Crippen molar-refractivity contribution in [2.45, 2.75) is 19.4 Å². The average Bonchev–Trinajstić information content (AvgIpc) is 2.71. The number of nitrogens with one attached hydrogen (secondary N) is 1. The van der Waals surface area contributed by atoms with Crippen LogP contribution in [-0.4, -0.2) is 29.8 Å². The van der Waals surface area contributed by atoms with Crippen LogP contribution in [0.1, 0.15) is 12.8 Å². The van der Waals surface area contributed by atoms with Crippen molar-refractivity contribution in [3.63, 3.8) is 0 Å². The van der Waals surface area contributed by atoms with Gasteiger partial charge in [-0.15, -0.1) is 0 Å². The SMILES string of the molecule is COc1ccccc1-c1nc2ccc(Br)cc2c(=O)n1CC1CCCNC1. The Morgan fingerprint density at radius 2 is 2.15 bits per heavy atom. The summed E-state index contributed by atoms with van der Waals surface area (Å²) in [6.45, 7) is 2.62. The molecule has 2 aromatic carbocycles. The van der Waals surface area contributed by atoms with Crippen molar-refractivity contribution in [2.24, 2.45) is 5.92 Å². The van der Waals surface area contributed by atoms with Crippen molar-refractivity contribution in [3.8, 4) is 17.1 Å². The number of benzene rings is 2. The Labute approximate surface area is 166 Å². The lowest BCUT2D eigenvalue weighted by Gasteiger charge is -2.25. The van der Waals surface area contributed by atoms with E-state index >= 15 is 0 Å². The second-order valence-corrected chi connectivity index (χ2v) is 7.84. The van der Waals surface area contributed by atoms with Crippen LogP contribution in [0.2, 0.25) is 0 Å². The predicted octanol–water partition coefficient (Wildman–Crippen LogP) is 3.83. The molecule has 0 amide bonds. The van der Waals surface area contributed by atoms with Crippen LogP contribution in [0.15, 0.2) is 51.7 Å². The molecule has 1 unspecified atom stereocenters. The maximum Gasteiger partial charge on any atom is 0.261 e. The molecule has 6 heteroatoms. The Bertz CT molecular complexity index is 1030. The average molecular weight is 428 g/mol. The first-order valence-electron chi connectivity index (χ1n) is 9.21. The van der Waals surface area contributed by atoms with Crippen molar-refractivity contribution in [2.75, 3.05) is 20.2 Å². The van der Waals surface area contributed by atoms with Gasteiger partial charge in [0.2, 0.25) is 0 Å². The summed E-state index contributed by atoms with van der Waals surface area (Å²) in [7, 11) is 1.64. The van der Waals surface area contributed by atoms with E-state index in [-0.39, 0.29) is 5.56 Å². The van der Waals surface area contributed by atoms with Crippen LogP contribution in [0, 0.1) is 5.92 Å². The second kappa shape index (κ2) is 7.82. The lowest BCUT2D eigenvalue weighted by Crippen LogP contribution is -2.35. The molecule has 1 aliphatic rings. The Kier molecular flexibility index (Phi) is 5.27. The van der Waals surface area contributed by atoms with E-state index in [1.165, 1.54) is 0 Å². The molecule has 5 nitrogen and oxygen atoms in total. The molecule has 0 saturated carbocycles. The van der Waals surface area contributed by atoms with Gasteiger partial charge in [-0.3, -0.25) is 9.36 Å². The standard InChI is InChI=1S/C21H22BrN3O2/c1-27-19-7-3-2-6-16(19)20-24-18-9-8-15(22)11-17(18)21(26)25(20)13-14-5-4-10-23-12-14/h2-3,6-9,11,14,23H,4-5,10,12-13H2,1H3. The molecule has 2 heterocycles. The third kappa shape index (κ3) is 3.64. The molecule has 3 aromatic rings. The number of ether oxygens (including phenoxy) is 1. The maximum absolute atomic E-state index is 13.4. The van der Waals surface area contributed by atoms with Gasteiger partial charge in [0, 0.05) is 11.0 Å². The molecular weight excluding hydrogens is 406 g/mol. The second-order valence-electron chi connectivity index (χ2n) is 6.93. The summed E-state index contributed by atoms with van der Waals surface area (Å²) in [4.78, 5) is 18.3. The minimum absolute atomic E-state index is 0.00669. The van der Waals surface area contributed by atoms with Crippen LogP contribution in [0.4, 0.5) is 0 Å². The highest BCUT2D eigenvalue weighted by Crippen LogP contribution is 2.30. The normalized spacial score (nSPS) is 17.2. The van der Waals surface area contributed by atoms with Gasteiger partial charge in [0.05, 0.1) is 23.6 Å². The molecular formula is C21H22BrN3O2. The number of methoxy groups -OCH3 is 1. The van der Waals surface area contributed by atoms with E-state index in [2.05, 4.69) is 21.2 Å². The van der Waals surface area contributed by atoms with E-state index in [0.29, 0.717) is 29.2 Å². The molecule has 1 saturated heterocycles. The minimum Gasteiger partial charge on any atom is -0.496 e. The zero-order valence-corrected chi connectivity index (χ0v) is 16.8. The van der Waals surface area contributed by atoms with Crippen LogP contribution in [0.25, 0.3) is 22.3 Å². The van der Waals surface area contributed by atoms with E-state index < -0.39 is 0 Å². The van der Waals surface area contributed by atoms with Crippen molar-refractivity contribution in [3.05, 3.63) is 57.3 Å². The van der Waals surface area contributed by atoms with Crippen LogP contribution in [-0.2, 0) is 6.54 Å². The van der Waals surface area contributed by atoms with Gasteiger partial charge in [0.1, 0.15) is 11.6 Å². The van der Waals surface area contributed by atoms with Crippen LogP contribution >= 0.6 is 15.9 Å². The van der Waals surface area contributed by atoms with Gasteiger partial charge < -0.3 is 10.1 Å². The van der Waals surface area contributed by atoms with Crippen molar-refractivity contribution >= 4 is 26.8 Å². The zero-order chi connectivity index (χ0) is 18.8. The Morgan fingerprint density at radius 1 is 1.30 bits per heavy atom. The van der Waals surface area contributed by atoms with Gasteiger partial charge in [-0.2, -0.15) is 0 Å². The number of aromatic nitrogens is 2. The van der Waals surface area contributed by atoms with E-state index in [1.54, 1.807) is 7.11 Å². The molecule has 4 rings (SSSR count). The fourth-order valence-electron chi connectivity index (χ4n) is 3.74. The number of halogens is 1. The van der Waals surface area contributed by atoms with Gasteiger partial charge >= 0.3 is 0 Å². The fraction of sp³-hybridized carbons (Fsp3) is 0.333. The third-order valence-corrected chi connectivity index (χ3v) is 5.60. The molecule has 1 N–H and O–H groups in total. The first-order valence-corrected chi connectivity index (χ1v) is 10.0. The first-order chi connectivity index (χ1) is 13.2. The van der Waals surface area contributed by atoms with Crippen molar-refractivity contribution in [1.29, 1.82) is 0 Å². The third-order valence-electron chi connectivity index (χ3n) is 5.10. The Balaban J connectivity index is 1.93. The monoisotopic (exact) mass is 427 g/mol. The smallest absolute Gasteiger partial charge is 0.261 e. The predicted molar refractivity (Wildman–Crippen MR) is 111 cm³/mol. The first kappa shape index (κ1) is 18.2. The molecule has 27 heavy (non-hydrogen) atoms. The molecule has 1 aromatic heterocycles. The number of piperidine rings is 1. The summed E-state index contributed by atoms with van der Waals surface area (Å²) in [5, 5.41) is 4.07. The van der Waals surface area contributed by atoms with E-state index in [9.17, 15) is 4.79 Å². The zero-order valence-electron chi connectivity index (χ0n) is 15.2. The van der Waals surface area contributed by atoms with Crippen LogP contribution in [0.3, 0.4) is 0 Å². The number of hydrogen-bond acceptors (Lipinski definition) is 4. The highest BCUT2D eigenvalue weighted by atomic mass is 79.9. The van der Waals surface area contributed by atoms with Gasteiger partial charge in [0.25, 0.3) is 5.56 Å². The van der Waals surface area contributed by atoms with E-state index in [1.807, 2.05) is 47.0 Å². The number of nitrogens with zero attached hydrogens (tertiary/aromatic N) is 2. The minimum atomic E-state index is -0.00669. The molecule has 0 spiro atoms. The number of hydrogen-bond donors (Lipinski definition) is 1. The van der Waals surface area contributed by atoms with E-state index in [4.69, 9.17) is 9.72 Å². The van der Waals surface area contributed by atoms with Crippen LogP contribution < -0.4 is 15.6 Å². The lowest BCUT2D eigenvalue weighted by molar-refractivity contribution is 0.334. The Morgan fingerprint density at radius 3 is 2.93 bits per heavy atom. The molecule has 1 atom stereocenters. The molecule has 1 fully saturated rings. The summed E-state index contributed by atoms with van der Waals surface area (Å²) in [5.74, 6) is 1.80. The molecule has 0 aliphatic carbocycles. The maximum atomic E-state index is 13.4. The quantitative estimate of drug-likeness (QED) is 0.686. The summed E-state index contributed by atoms with van der Waals surface area (Å²) >= 11 is 3.47. The summed E-state index contributed by atoms with van der Waals surface area (Å²) < 4.78 is 8.24. The molecule has 1 aliphatic heterocycles. The van der Waals surface area contributed by atoms with E-state index in [0.717, 1.165) is 41.7 Å². The molecule has 0 bridgehead atoms. The number of para-hydroxylation sites is 1. The highest BCUT2D eigenvalue weighted by Gasteiger charge is 2.20. The summed E-state index contributed by atoms with van der Waals surface area (Å²) in [6, 6.07) is 13.4. The van der Waals surface area contributed by atoms with Crippen molar-refractivity contribution in [1.82, 2.24) is 14.9 Å². The lowest BCUT2D eigenvalue weighted by atomic mass is 9.99.